The van der Waals surface area contributed by atoms with Crippen LogP contribution in [0.2, 0.25) is 0 Å². The fourth-order valence-electron chi connectivity index (χ4n) is 2.71. The van der Waals surface area contributed by atoms with Gasteiger partial charge in [-0.2, -0.15) is 13.2 Å². The maximum Gasteiger partial charge on any atom is 0.422 e. The lowest BCUT2D eigenvalue weighted by atomic mass is 10.1. The molecule has 1 aromatic carbocycles. The second-order valence-corrected chi connectivity index (χ2v) is 5.84. The minimum atomic E-state index is -4.42. The topological polar surface area (TPSA) is 75.6 Å². The number of carbonyl (C=O) groups is 2. The van der Waals surface area contributed by atoms with E-state index in [0.717, 1.165) is 0 Å². The Morgan fingerprint density at radius 1 is 1.29 bits per heavy atom. The number of halogens is 3. The molecular formula is C16H18F3NO4. The summed E-state index contributed by atoms with van der Waals surface area (Å²) in [6.07, 6.45) is -2.89. The summed E-state index contributed by atoms with van der Waals surface area (Å²) in [7, 11) is 0. The Hall–Kier alpha value is -2.25. The molecule has 8 heteroatoms. The molecule has 0 aromatic heterocycles. The third-order valence-electron chi connectivity index (χ3n) is 3.81. The van der Waals surface area contributed by atoms with E-state index in [0.29, 0.717) is 24.8 Å². The van der Waals surface area contributed by atoms with E-state index in [4.69, 9.17) is 5.11 Å². The summed E-state index contributed by atoms with van der Waals surface area (Å²) in [6.45, 7) is -1.39. The monoisotopic (exact) mass is 345 g/mol. The van der Waals surface area contributed by atoms with E-state index in [1.165, 1.54) is 18.2 Å². The molecular weight excluding hydrogens is 327 g/mol. The first kappa shape index (κ1) is 18.1. The Labute approximate surface area is 136 Å². The van der Waals surface area contributed by atoms with Crippen molar-refractivity contribution in [3.63, 3.8) is 0 Å². The van der Waals surface area contributed by atoms with Crippen LogP contribution in [0.1, 0.15) is 24.8 Å². The number of carboxylic acid groups (broad SMARTS) is 1. The van der Waals surface area contributed by atoms with Crippen LogP contribution in [-0.4, -0.2) is 35.8 Å². The first-order valence-corrected chi connectivity index (χ1v) is 7.53. The van der Waals surface area contributed by atoms with Crippen molar-refractivity contribution in [3.05, 3.63) is 29.8 Å². The molecule has 0 radical (unpaired) electrons. The summed E-state index contributed by atoms with van der Waals surface area (Å²) in [5.74, 6) is -1.54. The summed E-state index contributed by atoms with van der Waals surface area (Å²) in [5, 5.41) is 11.7. The number of carboxylic acids is 1. The Balaban J connectivity index is 1.84. The molecule has 1 fully saturated rings. The number of hydrogen-bond donors (Lipinski definition) is 2. The van der Waals surface area contributed by atoms with Crippen LogP contribution < -0.4 is 10.1 Å². The largest absolute Gasteiger partial charge is 0.484 e. The minimum absolute atomic E-state index is 0.00252. The third kappa shape index (κ3) is 5.75. The summed E-state index contributed by atoms with van der Waals surface area (Å²) >= 11 is 0. The Morgan fingerprint density at radius 3 is 2.67 bits per heavy atom. The average molecular weight is 345 g/mol. The zero-order valence-corrected chi connectivity index (χ0v) is 12.8. The molecule has 2 N–H and O–H groups in total. The lowest BCUT2D eigenvalue weighted by molar-refractivity contribution is -0.153. The quantitative estimate of drug-likeness (QED) is 0.831. The standard InChI is InChI=1S/C16H18F3NO4/c17-16(18,19)9-24-13-3-1-2-10(6-13)7-14(21)20-12-5-4-11(8-12)15(22)23/h1-3,6,11-12H,4-5,7-9H2,(H,20,21)(H,22,23)/t11-,12+/m1/s1. The normalized spacial score (nSPS) is 20.6. The van der Waals surface area contributed by atoms with Crippen molar-refractivity contribution < 1.29 is 32.6 Å². The van der Waals surface area contributed by atoms with Gasteiger partial charge in [-0.3, -0.25) is 9.59 Å². The van der Waals surface area contributed by atoms with Crippen LogP contribution in [0.25, 0.3) is 0 Å². The molecule has 0 saturated heterocycles. The van der Waals surface area contributed by atoms with E-state index in [-0.39, 0.29) is 24.1 Å². The third-order valence-corrected chi connectivity index (χ3v) is 3.81. The van der Waals surface area contributed by atoms with Crippen molar-refractivity contribution in [1.82, 2.24) is 5.32 Å². The second kappa shape index (κ2) is 7.55. The van der Waals surface area contributed by atoms with Crippen LogP contribution >= 0.6 is 0 Å². The molecule has 0 aliphatic heterocycles. The van der Waals surface area contributed by atoms with E-state index in [1.54, 1.807) is 6.07 Å². The Bertz CT molecular complexity index is 603. The van der Waals surface area contributed by atoms with Gasteiger partial charge in [0.15, 0.2) is 6.61 Å². The number of amides is 1. The molecule has 1 aliphatic rings. The van der Waals surface area contributed by atoms with Crippen molar-refractivity contribution in [2.45, 2.75) is 37.9 Å². The van der Waals surface area contributed by atoms with Gasteiger partial charge in [-0.15, -0.1) is 0 Å². The number of nitrogens with one attached hydrogen (secondary N) is 1. The molecule has 1 aliphatic carbocycles. The van der Waals surface area contributed by atoms with E-state index in [2.05, 4.69) is 10.1 Å². The summed E-state index contributed by atoms with van der Waals surface area (Å²) in [4.78, 5) is 22.9. The van der Waals surface area contributed by atoms with Crippen molar-refractivity contribution >= 4 is 11.9 Å². The highest BCUT2D eigenvalue weighted by Crippen LogP contribution is 2.26. The molecule has 2 atom stereocenters. The molecule has 1 aromatic rings. The number of carbonyl (C=O) groups excluding carboxylic acids is 1. The van der Waals surface area contributed by atoms with Gasteiger partial charge in [-0.25, -0.2) is 0 Å². The number of rotatable bonds is 6. The highest BCUT2D eigenvalue weighted by Gasteiger charge is 2.30. The molecule has 0 heterocycles. The highest BCUT2D eigenvalue weighted by molar-refractivity contribution is 5.79. The predicted octanol–water partition coefficient (Wildman–Crippen LogP) is 2.54. The van der Waals surface area contributed by atoms with Crippen LogP contribution in [0, 0.1) is 5.92 Å². The molecule has 2 rings (SSSR count). The van der Waals surface area contributed by atoms with E-state index in [1.807, 2.05) is 0 Å². The lowest BCUT2D eigenvalue weighted by Crippen LogP contribution is -2.34. The zero-order valence-electron chi connectivity index (χ0n) is 12.8. The predicted molar refractivity (Wildman–Crippen MR) is 78.6 cm³/mol. The Kier molecular flexibility index (Phi) is 5.69. The maximum absolute atomic E-state index is 12.1. The molecule has 1 saturated carbocycles. The van der Waals surface area contributed by atoms with Gasteiger partial charge in [0.2, 0.25) is 5.91 Å². The van der Waals surface area contributed by atoms with Crippen molar-refractivity contribution in [3.8, 4) is 5.75 Å². The van der Waals surface area contributed by atoms with Crippen LogP contribution in [0.5, 0.6) is 5.75 Å². The number of benzene rings is 1. The van der Waals surface area contributed by atoms with Gasteiger partial charge >= 0.3 is 12.1 Å². The van der Waals surface area contributed by atoms with Crippen LogP contribution in [-0.2, 0) is 16.0 Å². The Morgan fingerprint density at radius 2 is 2.04 bits per heavy atom. The van der Waals surface area contributed by atoms with Crippen LogP contribution in [0.15, 0.2) is 24.3 Å². The van der Waals surface area contributed by atoms with Gasteiger partial charge in [-0.1, -0.05) is 12.1 Å². The average Bonchev–Trinajstić information content (AvgIpc) is 2.93. The molecule has 1 amide bonds. The number of aliphatic carboxylic acids is 1. The second-order valence-electron chi connectivity index (χ2n) is 5.84. The first-order valence-electron chi connectivity index (χ1n) is 7.53. The summed E-state index contributed by atoms with van der Waals surface area (Å²) < 4.78 is 41.1. The van der Waals surface area contributed by atoms with Crippen molar-refractivity contribution in [2.24, 2.45) is 5.92 Å². The molecule has 24 heavy (non-hydrogen) atoms. The van der Waals surface area contributed by atoms with Gasteiger partial charge in [-0.05, 0) is 37.0 Å². The van der Waals surface area contributed by atoms with E-state index >= 15 is 0 Å². The molecule has 0 bridgehead atoms. The molecule has 0 unspecified atom stereocenters. The van der Waals surface area contributed by atoms with E-state index in [9.17, 15) is 22.8 Å². The minimum Gasteiger partial charge on any atom is -0.484 e. The summed E-state index contributed by atoms with van der Waals surface area (Å²) in [6, 6.07) is 5.74. The van der Waals surface area contributed by atoms with Gasteiger partial charge in [0.25, 0.3) is 0 Å². The smallest absolute Gasteiger partial charge is 0.422 e. The van der Waals surface area contributed by atoms with Crippen molar-refractivity contribution in [1.29, 1.82) is 0 Å². The fraction of sp³-hybridized carbons (Fsp3) is 0.500. The zero-order chi connectivity index (χ0) is 17.7. The summed E-state index contributed by atoms with van der Waals surface area (Å²) in [5.41, 5.74) is 0.528. The van der Waals surface area contributed by atoms with Gasteiger partial charge in [0.05, 0.1) is 12.3 Å². The molecule has 5 nitrogen and oxygen atoms in total. The fourth-order valence-corrected chi connectivity index (χ4v) is 2.71. The van der Waals surface area contributed by atoms with E-state index < -0.39 is 24.7 Å². The number of alkyl halides is 3. The molecule has 132 valence electrons. The highest BCUT2D eigenvalue weighted by atomic mass is 19.4. The lowest BCUT2D eigenvalue weighted by Gasteiger charge is -2.13. The van der Waals surface area contributed by atoms with Crippen LogP contribution in [0.4, 0.5) is 13.2 Å². The van der Waals surface area contributed by atoms with Gasteiger partial charge in [0, 0.05) is 6.04 Å². The number of ether oxygens (including phenoxy) is 1. The van der Waals surface area contributed by atoms with Gasteiger partial charge < -0.3 is 15.2 Å². The molecule has 0 spiro atoms. The van der Waals surface area contributed by atoms with Crippen molar-refractivity contribution in [2.75, 3.05) is 6.61 Å². The number of hydrogen-bond acceptors (Lipinski definition) is 3. The SMILES string of the molecule is O=C(Cc1cccc(OCC(F)(F)F)c1)N[C@H]1CC[C@@H](C(=O)O)C1. The maximum atomic E-state index is 12.1. The first-order chi connectivity index (χ1) is 11.2. The van der Waals surface area contributed by atoms with Crippen LogP contribution in [0.3, 0.4) is 0 Å². The van der Waals surface area contributed by atoms with Gasteiger partial charge in [0.1, 0.15) is 5.75 Å².